The molecule has 32 heavy (non-hydrogen) atoms. The lowest BCUT2D eigenvalue weighted by Crippen LogP contribution is -2.03. The number of oxazole rings is 1. The molecule has 0 aliphatic carbocycles. The minimum Gasteiger partial charge on any atom is -0.441 e. The molecule has 0 unspecified atom stereocenters. The Labute approximate surface area is 195 Å². The van der Waals surface area contributed by atoms with E-state index in [0.29, 0.717) is 17.5 Å². The summed E-state index contributed by atoms with van der Waals surface area (Å²) in [6, 6.07) is 17.9. The second-order valence-corrected chi connectivity index (χ2v) is 8.91. The molecule has 5 aromatic rings. The van der Waals surface area contributed by atoms with Crippen molar-refractivity contribution < 1.29 is 4.42 Å². The summed E-state index contributed by atoms with van der Waals surface area (Å²) in [5.41, 5.74) is 6.10. The third-order valence-electron chi connectivity index (χ3n) is 5.44. The molecule has 0 aliphatic heterocycles. The molecule has 0 saturated heterocycles. The van der Waals surface area contributed by atoms with Gasteiger partial charge in [-0.3, -0.25) is 4.98 Å². The van der Waals surface area contributed by atoms with Gasteiger partial charge in [0.25, 0.3) is 0 Å². The van der Waals surface area contributed by atoms with Crippen LogP contribution >= 0.6 is 23.4 Å². The van der Waals surface area contributed by atoms with E-state index in [2.05, 4.69) is 40.7 Å². The van der Waals surface area contributed by atoms with Crippen LogP contribution in [0.15, 0.2) is 76.6 Å². The van der Waals surface area contributed by atoms with Gasteiger partial charge in [0.2, 0.25) is 5.89 Å². The molecule has 5 nitrogen and oxygen atoms in total. The topological polar surface area (TPSA) is 56.7 Å². The summed E-state index contributed by atoms with van der Waals surface area (Å²) in [5.74, 6) is 2.13. The molecule has 160 valence electrons. The van der Waals surface area contributed by atoms with Crippen LogP contribution in [-0.2, 0) is 12.3 Å². The van der Waals surface area contributed by atoms with Gasteiger partial charge in [-0.1, -0.05) is 59.8 Å². The molecule has 0 fully saturated rings. The van der Waals surface area contributed by atoms with Crippen LogP contribution in [0.4, 0.5) is 0 Å². The summed E-state index contributed by atoms with van der Waals surface area (Å²) >= 11 is 8.07. The van der Waals surface area contributed by atoms with Crippen LogP contribution in [0, 0.1) is 13.8 Å². The Balaban J connectivity index is 1.50. The maximum Gasteiger partial charge on any atom is 0.228 e. The molecule has 0 spiro atoms. The van der Waals surface area contributed by atoms with E-state index in [9.17, 15) is 0 Å². The Morgan fingerprint density at radius 3 is 2.66 bits per heavy atom. The number of thioether (sulfide) groups is 1. The molecule has 0 aliphatic rings. The molecule has 0 radical (unpaired) electrons. The Hall–Kier alpha value is -3.09. The second kappa shape index (κ2) is 8.81. The van der Waals surface area contributed by atoms with Crippen LogP contribution in [0.2, 0.25) is 5.02 Å². The van der Waals surface area contributed by atoms with Crippen molar-refractivity contribution in [1.29, 1.82) is 0 Å². The molecule has 5 rings (SSSR count). The maximum atomic E-state index is 6.35. The number of nitrogens with zero attached hydrogens (tertiary/aromatic N) is 4. The zero-order valence-electron chi connectivity index (χ0n) is 17.7. The molecule has 0 bridgehead atoms. The van der Waals surface area contributed by atoms with Crippen molar-refractivity contribution in [2.75, 3.05) is 0 Å². The van der Waals surface area contributed by atoms with Crippen molar-refractivity contribution in [3.63, 3.8) is 0 Å². The summed E-state index contributed by atoms with van der Waals surface area (Å²) in [6.45, 7) is 4.61. The molecule has 3 aromatic heterocycles. The largest absolute Gasteiger partial charge is 0.441 e. The number of halogens is 1. The summed E-state index contributed by atoms with van der Waals surface area (Å²) in [6.07, 6.45) is 3.62. The summed E-state index contributed by atoms with van der Waals surface area (Å²) in [4.78, 5) is 14.0. The van der Waals surface area contributed by atoms with Crippen molar-refractivity contribution in [2.24, 2.45) is 0 Å². The number of benzene rings is 2. The van der Waals surface area contributed by atoms with Gasteiger partial charge in [-0.15, -0.1) is 0 Å². The molecule has 0 saturated carbocycles. The molecular weight excluding hydrogens is 440 g/mol. The molecule has 0 atom stereocenters. The molecule has 0 N–H and O–H groups in total. The van der Waals surface area contributed by atoms with E-state index in [0.717, 1.165) is 39.0 Å². The fourth-order valence-corrected chi connectivity index (χ4v) is 4.91. The summed E-state index contributed by atoms with van der Waals surface area (Å²) in [5, 5.41) is 1.55. The number of hydrogen-bond donors (Lipinski definition) is 0. The van der Waals surface area contributed by atoms with E-state index >= 15 is 0 Å². The van der Waals surface area contributed by atoms with Gasteiger partial charge in [0, 0.05) is 11.9 Å². The quantitative estimate of drug-likeness (QED) is 0.264. The fourth-order valence-electron chi connectivity index (χ4n) is 3.60. The lowest BCUT2D eigenvalue weighted by atomic mass is 10.1. The second-order valence-electron chi connectivity index (χ2n) is 7.56. The number of aromatic nitrogens is 4. The van der Waals surface area contributed by atoms with Crippen molar-refractivity contribution >= 4 is 34.4 Å². The molecular formula is C25H21ClN4OS. The van der Waals surface area contributed by atoms with E-state index in [4.69, 9.17) is 26.0 Å². The van der Waals surface area contributed by atoms with Crippen molar-refractivity contribution in [3.05, 3.63) is 94.6 Å². The summed E-state index contributed by atoms with van der Waals surface area (Å²) in [7, 11) is 0. The highest BCUT2D eigenvalue weighted by Gasteiger charge is 2.18. The lowest BCUT2D eigenvalue weighted by Gasteiger charge is -2.09. The average Bonchev–Trinajstić information content (AvgIpc) is 3.34. The van der Waals surface area contributed by atoms with Crippen LogP contribution in [0.1, 0.15) is 22.6 Å². The van der Waals surface area contributed by atoms with E-state index in [-0.39, 0.29) is 0 Å². The van der Waals surface area contributed by atoms with Crippen molar-refractivity contribution in [1.82, 2.24) is 19.5 Å². The molecule has 3 heterocycles. The number of aryl methyl sites for hydroxylation is 2. The SMILES string of the molecule is Cc1ccccc1CSc1nc2ccncc2n1Cc1nc(-c2ccccc2Cl)oc1C. The normalized spacial score (nSPS) is 11.3. The first-order chi connectivity index (χ1) is 15.6. The summed E-state index contributed by atoms with van der Waals surface area (Å²) < 4.78 is 8.13. The Morgan fingerprint density at radius 2 is 1.81 bits per heavy atom. The zero-order chi connectivity index (χ0) is 22.1. The lowest BCUT2D eigenvalue weighted by molar-refractivity contribution is 0.537. The Bertz CT molecular complexity index is 1410. The third-order valence-corrected chi connectivity index (χ3v) is 6.79. The third kappa shape index (κ3) is 4.04. The van der Waals surface area contributed by atoms with Gasteiger partial charge >= 0.3 is 0 Å². The van der Waals surface area contributed by atoms with E-state index in [1.807, 2.05) is 43.5 Å². The highest BCUT2D eigenvalue weighted by molar-refractivity contribution is 7.98. The van der Waals surface area contributed by atoms with Crippen molar-refractivity contribution in [3.8, 4) is 11.5 Å². The Kier molecular flexibility index (Phi) is 5.72. The van der Waals surface area contributed by atoms with Crippen LogP contribution in [0.25, 0.3) is 22.5 Å². The van der Waals surface area contributed by atoms with Gasteiger partial charge in [0.1, 0.15) is 11.5 Å². The number of pyridine rings is 1. The smallest absolute Gasteiger partial charge is 0.228 e. The minimum atomic E-state index is 0.528. The number of fused-ring (bicyclic) bond motifs is 1. The average molecular weight is 461 g/mol. The first kappa shape index (κ1) is 20.8. The number of imidazole rings is 1. The van der Waals surface area contributed by atoms with Gasteiger partial charge in [-0.05, 0) is 43.2 Å². The zero-order valence-corrected chi connectivity index (χ0v) is 19.3. The van der Waals surface area contributed by atoms with Gasteiger partial charge in [-0.25, -0.2) is 9.97 Å². The first-order valence-corrected chi connectivity index (χ1v) is 11.7. The Morgan fingerprint density at radius 1 is 1.00 bits per heavy atom. The molecule has 0 amide bonds. The number of rotatable bonds is 6. The highest BCUT2D eigenvalue weighted by Crippen LogP contribution is 2.31. The van der Waals surface area contributed by atoms with E-state index in [1.165, 1.54) is 11.1 Å². The fraction of sp³-hybridized carbons (Fsp3) is 0.160. The maximum absolute atomic E-state index is 6.35. The van der Waals surface area contributed by atoms with Gasteiger partial charge in [-0.2, -0.15) is 0 Å². The first-order valence-electron chi connectivity index (χ1n) is 10.3. The van der Waals surface area contributed by atoms with Crippen LogP contribution in [-0.4, -0.2) is 19.5 Å². The van der Waals surface area contributed by atoms with Crippen molar-refractivity contribution in [2.45, 2.75) is 31.3 Å². The highest BCUT2D eigenvalue weighted by atomic mass is 35.5. The van der Waals surface area contributed by atoms with E-state index < -0.39 is 0 Å². The molecule has 2 aromatic carbocycles. The van der Waals surface area contributed by atoms with Crippen LogP contribution in [0.5, 0.6) is 0 Å². The predicted molar refractivity (Wildman–Crippen MR) is 129 cm³/mol. The van der Waals surface area contributed by atoms with Crippen LogP contribution in [0.3, 0.4) is 0 Å². The molecule has 7 heteroatoms. The van der Waals surface area contributed by atoms with Gasteiger partial charge in [0.05, 0.1) is 34.4 Å². The minimum absolute atomic E-state index is 0.528. The van der Waals surface area contributed by atoms with E-state index in [1.54, 1.807) is 18.0 Å². The van der Waals surface area contributed by atoms with Crippen LogP contribution < -0.4 is 0 Å². The number of hydrogen-bond acceptors (Lipinski definition) is 5. The standard InChI is InChI=1S/C25H21ClN4OS/c1-16-7-3-4-8-18(16)15-32-25-29-21-11-12-27-13-23(21)30(25)14-22-17(2)31-24(28-22)19-9-5-6-10-20(19)26/h3-13H,14-15H2,1-2H3. The monoisotopic (exact) mass is 460 g/mol. The van der Waals surface area contributed by atoms with Gasteiger partial charge < -0.3 is 8.98 Å². The predicted octanol–water partition coefficient (Wildman–Crippen LogP) is 6.70. The van der Waals surface area contributed by atoms with Gasteiger partial charge in [0.15, 0.2) is 5.16 Å².